The van der Waals surface area contributed by atoms with Crippen LogP contribution < -0.4 is 10.6 Å². The molecule has 2 aromatic rings. The summed E-state index contributed by atoms with van der Waals surface area (Å²) in [6.07, 6.45) is -1.10. The zero-order valence-electron chi connectivity index (χ0n) is 15.9. The van der Waals surface area contributed by atoms with Crippen molar-refractivity contribution in [2.24, 2.45) is 0 Å². The highest BCUT2D eigenvalue weighted by molar-refractivity contribution is 5.98. The summed E-state index contributed by atoms with van der Waals surface area (Å²) in [5.41, 5.74) is 1.85. The summed E-state index contributed by atoms with van der Waals surface area (Å²) < 4.78 is 5.14. The number of nitrogens with one attached hydrogen (secondary N) is 2. The molecule has 0 spiro atoms. The van der Waals surface area contributed by atoms with Crippen LogP contribution in [0.2, 0.25) is 0 Å². The van der Waals surface area contributed by atoms with Crippen LogP contribution in [0, 0.1) is 0 Å². The van der Waals surface area contributed by atoms with Gasteiger partial charge in [-0.05, 0) is 51.0 Å². The molecule has 0 aliphatic carbocycles. The second-order valence-corrected chi connectivity index (χ2v) is 7.18. The van der Waals surface area contributed by atoms with Crippen molar-refractivity contribution in [1.29, 1.82) is 0 Å². The van der Waals surface area contributed by atoms with Crippen LogP contribution in [-0.4, -0.2) is 29.6 Å². The number of benzene rings is 2. The molecule has 1 unspecified atom stereocenters. The van der Waals surface area contributed by atoms with Crippen molar-refractivity contribution in [3.05, 3.63) is 60.2 Å². The van der Waals surface area contributed by atoms with Gasteiger partial charge in [-0.15, -0.1) is 0 Å². The van der Waals surface area contributed by atoms with Gasteiger partial charge >= 0.3 is 12.0 Å². The molecular formula is C21H24N2O4. The predicted molar refractivity (Wildman–Crippen MR) is 103 cm³/mol. The fourth-order valence-electron chi connectivity index (χ4n) is 2.30. The first-order valence-electron chi connectivity index (χ1n) is 8.65. The maximum atomic E-state index is 12.2. The average Bonchev–Trinajstić information content (AvgIpc) is 2.60. The lowest BCUT2D eigenvalue weighted by Crippen LogP contribution is -2.50. The Morgan fingerprint density at radius 2 is 1.44 bits per heavy atom. The molecule has 0 aliphatic rings. The van der Waals surface area contributed by atoms with Gasteiger partial charge in [-0.25, -0.2) is 9.59 Å². The van der Waals surface area contributed by atoms with Crippen molar-refractivity contribution in [3.8, 4) is 11.1 Å². The van der Waals surface area contributed by atoms with Crippen LogP contribution in [0.25, 0.3) is 11.1 Å². The number of hydrogen-bond donors (Lipinski definition) is 2. The summed E-state index contributed by atoms with van der Waals surface area (Å²) in [4.78, 5) is 35.9. The van der Waals surface area contributed by atoms with Crippen LogP contribution in [-0.2, 0) is 9.53 Å². The molecule has 0 radical (unpaired) electrons. The molecule has 0 saturated heterocycles. The first kappa shape index (κ1) is 20.2. The van der Waals surface area contributed by atoms with Gasteiger partial charge < -0.3 is 10.1 Å². The molecule has 1 atom stereocenters. The molecule has 0 heterocycles. The number of urea groups is 1. The Labute approximate surface area is 158 Å². The molecule has 6 nitrogen and oxygen atoms in total. The summed E-state index contributed by atoms with van der Waals surface area (Å²) in [5.74, 6) is -1.32. The average molecular weight is 368 g/mol. The molecule has 142 valence electrons. The standard InChI is InChI=1S/C21H24N2O4/c1-14(18(24)22-20(26)23-21(2,3)4)27-19(25)17-12-10-16(11-13-17)15-8-6-5-7-9-15/h5-14H,1-4H3,(H2,22,23,24,26). The first-order valence-corrected chi connectivity index (χ1v) is 8.65. The van der Waals surface area contributed by atoms with Crippen molar-refractivity contribution < 1.29 is 19.1 Å². The van der Waals surface area contributed by atoms with Gasteiger partial charge in [0.1, 0.15) is 0 Å². The van der Waals surface area contributed by atoms with E-state index in [4.69, 9.17) is 4.74 Å². The molecule has 6 heteroatoms. The van der Waals surface area contributed by atoms with Crippen molar-refractivity contribution >= 4 is 17.9 Å². The number of carbonyl (C=O) groups excluding carboxylic acids is 3. The van der Waals surface area contributed by atoms with Gasteiger partial charge in [-0.1, -0.05) is 42.5 Å². The van der Waals surface area contributed by atoms with Crippen LogP contribution in [0.5, 0.6) is 0 Å². The lowest BCUT2D eigenvalue weighted by Gasteiger charge is -2.21. The van der Waals surface area contributed by atoms with E-state index in [2.05, 4.69) is 10.6 Å². The molecule has 27 heavy (non-hydrogen) atoms. The zero-order valence-corrected chi connectivity index (χ0v) is 15.9. The van der Waals surface area contributed by atoms with E-state index < -0.39 is 29.6 Å². The molecule has 0 bridgehead atoms. The molecule has 2 aromatic carbocycles. The third-order valence-corrected chi connectivity index (χ3v) is 3.61. The molecule has 0 fully saturated rings. The number of esters is 1. The summed E-state index contributed by atoms with van der Waals surface area (Å²) in [7, 11) is 0. The van der Waals surface area contributed by atoms with E-state index in [-0.39, 0.29) is 0 Å². The summed E-state index contributed by atoms with van der Waals surface area (Å²) in [6.45, 7) is 6.79. The second-order valence-electron chi connectivity index (χ2n) is 7.18. The maximum Gasteiger partial charge on any atom is 0.338 e. The van der Waals surface area contributed by atoms with Gasteiger partial charge in [-0.3, -0.25) is 10.1 Å². The minimum absolute atomic E-state index is 0.327. The molecule has 2 N–H and O–H groups in total. The minimum atomic E-state index is -1.10. The largest absolute Gasteiger partial charge is 0.449 e. The third kappa shape index (κ3) is 6.26. The quantitative estimate of drug-likeness (QED) is 0.809. The number of carbonyl (C=O) groups is 3. The van der Waals surface area contributed by atoms with Crippen LogP contribution in [0.15, 0.2) is 54.6 Å². The highest BCUT2D eigenvalue weighted by Crippen LogP contribution is 2.19. The molecule has 3 amide bonds. The van der Waals surface area contributed by atoms with E-state index in [0.29, 0.717) is 5.56 Å². The van der Waals surface area contributed by atoms with Gasteiger partial charge in [0.15, 0.2) is 6.10 Å². The van der Waals surface area contributed by atoms with Gasteiger partial charge in [0.2, 0.25) is 0 Å². The highest BCUT2D eigenvalue weighted by atomic mass is 16.5. The molecule has 0 aliphatic heterocycles. The van der Waals surface area contributed by atoms with Crippen LogP contribution in [0.4, 0.5) is 4.79 Å². The third-order valence-electron chi connectivity index (χ3n) is 3.61. The number of amides is 3. The van der Waals surface area contributed by atoms with Gasteiger partial charge in [0, 0.05) is 5.54 Å². The first-order chi connectivity index (χ1) is 12.7. The van der Waals surface area contributed by atoms with Crippen molar-refractivity contribution in [3.63, 3.8) is 0 Å². The normalized spacial score (nSPS) is 12.0. The van der Waals surface area contributed by atoms with E-state index in [1.54, 1.807) is 32.9 Å². The van der Waals surface area contributed by atoms with Crippen LogP contribution in [0.1, 0.15) is 38.1 Å². The van der Waals surface area contributed by atoms with Crippen LogP contribution in [0.3, 0.4) is 0 Å². The monoisotopic (exact) mass is 368 g/mol. The van der Waals surface area contributed by atoms with Crippen molar-refractivity contribution in [1.82, 2.24) is 10.6 Å². The number of ether oxygens (including phenoxy) is 1. The van der Waals surface area contributed by atoms with Gasteiger partial charge in [0.05, 0.1) is 5.56 Å². The van der Waals surface area contributed by atoms with E-state index in [0.717, 1.165) is 11.1 Å². The van der Waals surface area contributed by atoms with Crippen molar-refractivity contribution in [2.45, 2.75) is 39.3 Å². The Balaban J connectivity index is 1.94. The smallest absolute Gasteiger partial charge is 0.338 e. The van der Waals surface area contributed by atoms with Crippen molar-refractivity contribution in [2.75, 3.05) is 0 Å². The van der Waals surface area contributed by atoms with Gasteiger partial charge in [0.25, 0.3) is 5.91 Å². The SMILES string of the molecule is CC(OC(=O)c1ccc(-c2ccccc2)cc1)C(=O)NC(=O)NC(C)(C)C. The Morgan fingerprint density at radius 3 is 2.00 bits per heavy atom. The second kappa shape index (κ2) is 8.49. The maximum absolute atomic E-state index is 12.2. The van der Waals surface area contributed by atoms with E-state index in [9.17, 15) is 14.4 Å². The minimum Gasteiger partial charge on any atom is -0.449 e. The summed E-state index contributed by atoms with van der Waals surface area (Å²) in [5, 5.41) is 4.76. The summed E-state index contributed by atoms with van der Waals surface area (Å²) in [6, 6.07) is 16.0. The lowest BCUT2D eigenvalue weighted by atomic mass is 10.0. The number of rotatable bonds is 4. The highest BCUT2D eigenvalue weighted by Gasteiger charge is 2.22. The zero-order chi connectivity index (χ0) is 20.0. The van der Waals surface area contributed by atoms with Crippen LogP contribution >= 0.6 is 0 Å². The van der Waals surface area contributed by atoms with Gasteiger partial charge in [-0.2, -0.15) is 0 Å². The Morgan fingerprint density at radius 1 is 0.889 bits per heavy atom. The summed E-state index contributed by atoms with van der Waals surface area (Å²) >= 11 is 0. The van der Waals surface area contributed by atoms with E-state index >= 15 is 0 Å². The topological polar surface area (TPSA) is 84.5 Å². The molecular weight excluding hydrogens is 344 g/mol. The fourth-order valence-corrected chi connectivity index (χ4v) is 2.30. The number of imide groups is 1. The Hall–Kier alpha value is -3.15. The van der Waals surface area contributed by atoms with E-state index in [1.807, 2.05) is 42.5 Å². The lowest BCUT2D eigenvalue weighted by molar-refractivity contribution is -0.127. The number of hydrogen-bond acceptors (Lipinski definition) is 4. The molecule has 2 rings (SSSR count). The fraction of sp³-hybridized carbons (Fsp3) is 0.286. The molecule has 0 aromatic heterocycles. The Kier molecular flexibility index (Phi) is 6.34. The van der Waals surface area contributed by atoms with E-state index in [1.165, 1.54) is 6.92 Å². The molecule has 0 saturated carbocycles. The Bertz CT molecular complexity index is 808. The predicted octanol–water partition coefficient (Wildman–Crippen LogP) is 3.52.